The molecule has 1 nitrogen and oxygen atoms in total. The Hall–Kier alpha value is -1.04. The normalized spacial score (nSPS) is 13.9. The first-order valence-corrected chi connectivity index (χ1v) is 7.31. The van der Waals surface area contributed by atoms with Gasteiger partial charge in [-0.2, -0.15) is 0 Å². The van der Waals surface area contributed by atoms with Gasteiger partial charge in [-0.15, -0.1) is 6.42 Å². The van der Waals surface area contributed by atoms with Crippen molar-refractivity contribution in [3.8, 4) is 12.3 Å². The van der Waals surface area contributed by atoms with Crippen molar-refractivity contribution in [1.82, 2.24) is 0 Å². The molecule has 0 aromatic heterocycles. The fourth-order valence-corrected chi connectivity index (χ4v) is 2.52. The van der Waals surface area contributed by atoms with E-state index < -0.39 is 5.60 Å². The molecule has 1 atom stereocenters. The monoisotopic (exact) mass is 244 g/mol. The number of unbranched alkanes of at least 4 members (excludes halogenated alkanes) is 1. The minimum absolute atomic E-state index is 0.391. The number of hydrogen-bond donors (Lipinski definition) is 0. The molecule has 0 aliphatic rings. The fraction of sp³-hybridized carbons (Fsp3) is 0.467. The van der Waals surface area contributed by atoms with Crippen LogP contribution < -0.4 is 5.19 Å². The van der Waals surface area contributed by atoms with Crippen LogP contribution in [0.15, 0.2) is 30.3 Å². The minimum atomic E-state index is -0.391. The van der Waals surface area contributed by atoms with Crippen molar-refractivity contribution in [2.24, 2.45) is 0 Å². The molecule has 1 unspecified atom stereocenters. The maximum absolute atomic E-state index is 5.86. The number of terminal acetylenes is 1. The molecule has 2 heteroatoms. The van der Waals surface area contributed by atoms with Crippen LogP contribution >= 0.6 is 0 Å². The average Bonchev–Trinajstić information content (AvgIpc) is 2.38. The van der Waals surface area contributed by atoms with E-state index in [9.17, 15) is 0 Å². The van der Waals surface area contributed by atoms with E-state index in [2.05, 4.69) is 37.1 Å². The highest BCUT2D eigenvalue weighted by Crippen LogP contribution is 2.17. The van der Waals surface area contributed by atoms with E-state index in [1.165, 1.54) is 5.19 Å². The van der Waals surface area contributed by atoms with Crippen LogP contribution in [0.1, 0.15) is 33.1 Å². The van der Waals surface area contributed by atoms with Crippen LogP contribution in [0.3, 0.4) is 0 Å². The first-order valence-electron chi connectivity index (χ1n) is 6.11. The Morgan fingerprint density at radius 2 is 2.06 bits per heavy atom. The molecule has 0 spiro atoms. The van der Waals surface area contributed by atoms with Gasteiger partial charge in [0.05, 0.1) is 0 Å². The Morgan fingerprint density at radius 1 is 1.35 bits per heavy atom. The first-order chi connectivity index (χ1) is 8.20. The Bertz CT molecular complexity index is 355. The number of ether oxygens (including phenoxy) is 1. The van der Waals surface area contributed by atoms with E-state index in [4.69, 9.17) is 11.2 Å². The summed E-state index contributed by atoms with van der Waals surface area (Å²) in [5, 5.41) is 1.32. The van der Waals surface area contributed by atoms with Crippen molar-refractivity contribution in [2.45, 2.75) is 38.7 Å². The molecule has 0 amide bonds. The highest BCUT2D eigenvalue weighted by atomic mass is 28.2. The second-order valence-corrected chi connectivity index (χ2v) is 5.53. The van der Waals surface area contributed by atoms with E-state index >= 15 is 0 Å². The molecule has 90 valence electrons. The Kier molecular flexibility index (Phi) is 6.03. The number of benzene rings is 1. The largest absolute Gasteiger partial charge is 0.366 e. The minimum Gasteiger partial charge on any atom is -0.366 e. The predicted molar refractivity (Wildman–Crippen MR) is 74.5 cm³/mol. The second kappa shape index (κ2) is 7.32. The molecule has 2 radical (unpaired) electrons. The zero-order valence-corrected chi connectivity index (χ0v) is 11.7. The second-order valence-electron chi connectivity index (χ2n) is 4.31. The van der Waals surface area contributed by atoms with E-state index in [1.54, 1.807) is 0 Å². The lowest BCUT2D eigenvalue weighted by atomic mass is 10.0. The molecule has 0 heterocycles. The van der Waals surface area contributed by atoms with E-state index in [-0.39, 0.29) is 0 Å². The summed E-state index contributed by atoms with van der Waals surface area (Å²) < 4.78 is 5.86. The Labute approximate surface area is 107 Å². The van der Waals surface area contributed by atoms with Crippen LogP contribution in [-0.2, 0) is 4.74 Å². The van der Waals surface area contributed by atoms with Gasteiger partial charge in [-0.1, -0.05) is 54.8 Å². The van der Waals surface area contributed by atoms with Gasteiger partial charge in [-0.3, -0.25) is 0 Å². The van der Waals surface area contributed by atoms with Crippen molar-refractivity contribution in [3.05, 3.63) is 30.3 Å². The maximum atomic E-state index is 5.86. The van der Waals surface area contributed by atoms with Crippen LogP contribution in [0.4, 0.5) is 0 Å². The molecular weight excluding hydrogens is 224 g/mol. The summed E-state index contributed by atoms with van der Waals surface area (Å²) in [6.07, 6.45) is 9.49. The molecule has 0 fully saturated rings. The summed E-state index contributed by atoms with van der Waals surface area (Å²) in [6, 6.07) is 10.4. The van der Waals surface area contributed by atoms with Crippen LogP contribution in [0.25, 0.3) is 0 Å². The molecule has 1 aromatic rings. The summed E-state index contributed by atoms with van der Waals surface area (Å²) >= 11 is 0. The molecule has 0 saturated heterocycles. The molecule has 1 rings (SSSR count). The average molecular weight is 244 g/mol. The molecule has 0 bridgehead atoms. The maximum Gasteiger partial charge on any atom is 0.125 e. The van der Waals surface area contributed by atoms with Crippen molar-refractivity contribution in [1.29, 1.82) is 0 Å². The SMILES string of the molecule is C#CC(C)(CCCC)OC[Si]c1ccccc1. The lowest BCUT2D eigenvalue weighted by Crippen LogP contribution is -2.31. The third kappa shape index (κ3) is 5.21. The van der Waals surface area contributed by atoms with Gasteiger partial charge in [0.2, 0.25) is 0 Å². The van der Waals surface area contributed by atoms with Gasteiger partial charge < -0.3 is 4.74 Å². The zero-order chi connectivity index (χ0) is 12.6. The summed E-state index contributed by atoms with van der Waals surface area (Å²) in [6.45, 7) is 4.18. The van der Waals surface area contributed by atoms with Crippen LogP contribution in [0.5, 0.6) is 0 Å². The van der Waals surface area contributed by atoms with E-state index in [1.807, 2.05) is 13.0 Å². The highest BCUT2D eigenvalue weighted by molar-refractivity contribution is 6.53. The lowest BCUT2D eigenvalue weighted by Gasteiger charge is -2.24. The molecule has 0 N–H and O–H groups in total. The first kappa shape index (κ1) is 14.0. The lowest BCUT2D eigenvalue weighted by molar-refractivity contribution is 0.0338. The molecule has 0 aliphatic carbocycles. The standard InChI is InChI=1S/C15H20OSi/c1-4-6-12-15(3,5-2)16-13-17-14-10-8-7-9-11-14/h2,7-11H,4,6,12-13H2,1,3H3. The van der Waals surface area contributed by atoms with Gasteiger partial charge in [0.25, 0.3) is 0 Å². The third-order valence-corrected chi connectivity index (χ3v) is 3.78. The van der Waals surface area contributed by atoms with Crippen molar-refractivity contribution in [3.63, 3.8) is 0 Å². The van der Waals surface area contributed by atoms with Crippen LogP contribution in [0, 0.1) is 12.3 Å². The fourth-order valence-electron chi connectivity index (χ4n) is 1.53. The van der Waals surface area contributed by atoms with Crippen LogP contribution in [-0.4, -0.2) is 21.4 Å². The third-order valence-electron chi connectivity index (χ3n) is 2.75. The summed E-state index contributed by atoms with van der Waals surface area (Å²) in [5.41, 5.74) is -0.391. The van der Waals surface area contributed by atoms with Crippen molar-refractivity contribution in [2.75, 3.05) is 6.23 Å². The van der Waals surface area contributed by atoms with Gasteiger partial charge in [0, 0.05) is 6.23 Å². The Morgan fingerprint density at radius 3 is 2.65 bits per heavy atom. The topological polar surface area (TPSA) is 9.23 Å². The van der Waals surface area contributed by atoms with Gasteiger partial charge in [0.1, 0.15) is 15.1 Å². The molecule has 0 saturated carbocycles. The summed E-state index contributed by atoms with van der Waals surface area (Å²) in [7, 11) is 0.668. The molecule has 17 heavy (non-hydrogen) atoms. The quantitative estimate of drug-likeness (QED) is 0.529. The van der Waals surface area contributed by atoms with Gasteiger partial charge >= 0.3 is 0 Å². The van der Waals surface area contributed by atoms with Gasteiger partial charge in [-0.05, 0) is 19.8 Å². The molecule has 0 aliphatic heterocycles. The number of hydrogen-bond acceptors (Lipinski definition) is 1. The summed E-state index contributed by atoms with van der Waals surface area (Å²) in [5.74, 6) is 2.78. The number of rotatable bonds is 7. The van der Waals surface area contributed by atoms with Gasteiger partial charge in [-0.25, -0.2) is 0 Å². The Balaban J connectivity index is 2.36. The van der Waals surface area contributed by atoms with E-state index in [0.29, 0.717) is 15.7 Å². The smallest absolute Gasteiger partial charge is 0.125 e. The zero-order valence-electron chi connectivity index (χ0n) is 10.7. The molecular formula is C15H20OSi. The van der Waals surface area contributed by atoms with E-state index in [0.717, 1.165) is 19.3 Å². The summed E-state index contributed by atoms with van der Waals surface area (Å²) in [4.78, 5) is 0. The predicted octanol–water partition coefficient (Wildman–Crippen LogP) is 2.57. The van der Waals surface area contributed by atoms with Crippen molar-refractivity contribution < 1.29 is 4.74 Å². The molecule has 1 aromatic carbocycles. The van der Waals surface area contributed by atoms with Gasteiger partial charge in [0.15, 0.2) is 0 Å². The highest BCUT2D eigenvalue weighted by Gasteiger charge is 2.20. The van der Waals surface area contributed by atoms with Crippen molar-refractivity contribution >= 4 is 14.7 Å². The van der Waals surface area contributed by atoms with Crippen LogP contribution in [0.2, 0.25) is 0 Å².